The Morgan fingerprint density at radius 2 is 1.92 bits per heavy atom. The van der Waals surface area contributed by atoms with Gasteiger partial charge in [0, 0.05) is 23.3 Å². The Morgan fingerprint density at radius 3 is 2.69 bits per heavy atom. The molecule has 3 aromatic rings. The molecule has 0 saturated carbocycles. The van der Waals surface area contributed by atoms with Crippen LogP contribution in [0.25, 0.3) is 0 Å². The molecule has 0 fully saturated rings. The van der Waals surface area contributed by atoms with Gasteiger partial charge in [0.05, 0.1) is 11.3 Å². The van der Waals surface area contributed by atoms with Crippen LogP contribution in [0.5, 0.6) is 0 Å². The molecular weight excluding hydrogens is 346 g/mol. The first-order chi connectivity index (χ1) is 12.6. The van der Waals surface area contributed by atoms with Gasteiger partial charge in [0.1, 0.15) is 0 Å². The number of rotatable bonds is 3. The minimum Gasteiger partial charge on any atom is -0.324 e. The molecule has 1 atom stereocenters. The first-order valence-corrected chi connectivity index (χ1v) is 8.94. The number of aryl methyl sites for hydroxylation is 1. The van der Waals surface area contributed by atoms with Crippen molar-refractivity contribution in [1.82, 2.24) is 9.97 Å². The van der Waals surface area contributed by atoms with Crippen LogP contribution in [0.3, 0.4) is 0 Å². The van der Waals surface area contributed by atoms with Gasteiger partial charge in [0.2, 0.25) is 5.95 Å². The molecule has 26 heavy (non-hydrogen) atoms. The van der Waals surface area contributed by atoms with E-state index in [0.717, 1.165) is 22.5 Å². The molecular formula is C21H18ClN3O. The summed E-state index contributed by atoms with van der Waals surface area (Å²) < 4.78 is 0. The first kappa shape index (κ1) is 16.7. The molecule has 0 unspecified atom stereocenters. The molecule has 130 valence electrons. The topological polar surface area (TPSA) is 54.9 Å². The van der Waals surface area contributed by atoms with Gasteiger partial charge in [-0.1, -0.05) is 35.9 Å². The van der Waals surface area contributed by atoms with Crippen molar-refractivity contribution in [1.29, 1.82) is 0 Å². The van der Waals surface area contributed by atoms with E-state index in [1.54, 1.807) is 6.20 Å². The van der Waals surface area contributed by atoms with Gasteiger partial charge in [0.15, 0.2) is 5.78 Å². The fraction of sp³-hybridized carbons (Fsp3) is 0.190. The minimum absolute atomic E-state index is 0.0910. The number of carbonyl (C=O) groups excluding carboxylic acids is 1. The Hall–Kier alpha value is -2.72. The highest BCUT2D eigenvalue weighted by Crippen LogP contribution is 2.32. The van der Waals surface area contributed by atoms with Crippen LogP contribution in [-0.2, 0) is 6.42 Å². The van der Waals surface area contributed by atoms with Crippen LogP contribution in [-0.4, -0.2) is 15.8 Å². The van der Waals surface area contributed by atoms with Crippen molar-refractivity contribution < 1.29 is 4.79 Å². The maximum atomic E-state index is 12.5. The molecule has 1 aliphatic rings. The molecule has 0 radical (unpaired) electrons. The van der Waals surface area contributed by atoms with Crippen molar-refractivity contribution in [3.63, 3.8) is 0 Å². The number of hydrogen-bond donors (Lipinski definition) is 1. The summed E-state index contributed by atoms with van der Waals surface area (Å²) in [4.78, 5) is 21.5. The summed E-state index contributed by atoms with van der Waals surface area (Å²) >= 11 is 5.97. The van der Waals surface area contributed by atoms with E-state index in [1.807, 2.05) is 55.5 Å². The molecule has 1 heterocycles. The van der Waals surface area contributed by atoms with Crippen molar-refractivity contribution in [2.75, 3.05) is 5.32 Å². The highest BCUT2D eigenvalue weighted by molar-refractivity contribution is 6.30. The fourth-order valence-electron chi connectivity index (χ4n) is 3.33. The van der Waals surface area contributed by atoms with Crippen molar-refractivity contribution >= 4 is 29.0 Å². The zero-order valence-electron chi connectivity index (χ0n) is 14.4. The summed E-state index contributed by atoms with van der Waals surface area (Å²) in [6.07, 6.45) is 2.83. The zero-order valence-corrected chi connectivity index (χ0v) is 15.1. The summed E-state index contributed by atoms with van der Waals surface area (Å²) in [7, 11) is 0. The number of ketones is 1. The number of anilines is 2. The summed E-state index contributed by atoms with van der Waals surface area (Å²) in [5.41, 5.74) is 4.63. The second kappa shape index (κ2) is 6.89. The quantitative estimate of drug-likeness (QED) is 0.703. The van der Waals surface area contributed by atoms with E-state index in [0.29, 0.717) is 29.4 Å². The SMILES string of the molecule is Cc1cccc(Nc2ncc3c(n2)C[C@@H](c2ccc(Cl)cc2)CC3=O)c1. The number of halogens is 1. The lowest BCUT2D eigenvalue weighted by Gasteiger charge is -2.23. The van der Waals surface area contributed by atoms with Crippen LogP contribution in [0.2, 0.25) is 5.02 Å². The van der Waals surface area contributed by atoms with E-state index in [2.05, 4.69) is 15.3 Å². The van der Waals surface area contributed by atoms with Gasteiger partial charge in [-0.05, 0) is 54.7 Å². The second-order valence-corrected chi connectivity index (χ2v) is 7.06. The van der Waals surface area contributed by atoms with E-state index in [1.165, 1.54) is 0 Å². The van der Waals surface area contributed by atoms with Crippen LogP contribution < -0.4 is 5.32 Å². The Morgan fingerprint density at radius 1 is 1.12 bits per heavy atom. The highest BCUT2D eigenvalue weighted by Gasteiger charge is 2.28. The summed E-state index contributed by atoms with van der Waals surface area (Å²) in [5.74, 6) is 0.723. The number of fused-ring (bicyclic) bond motifs is 1. The Balaban J connectivity index is 1.61. The van der Waals surface area contributed by atoms with Gasteiger partial charge in [-0.2, -0.15) is 0 Å². The molecule has 1 aliphatic carbocycles. The molecule has 0 amide bonds. The van der Waals surface area contributed by atoms with E-state index in [-0.39, 0.29) is 11.7 Å². The lowest BCUT2D eigenvalue weighted by molar-refractivity contribution is 0.0962. The average Bonchev–Trinajstić information content (AvgIpc) is 2.62. The van der Waals surface area contributed by atoms with Gasteiger partial charge >= 0.3 is 0 Å². The molecule has 0 spiro atoms. The second-order valence-electron chi connectivity index (χ2n) is 6.63. The summed E-state index contributed by atoms with van der Waals surface area (Å²) in [5, 5.41) is 3.92. The van der Waals surface area contributed by atoms with Crippen LogP contribution in [0.4, 0.5) is 11.6 Å². The Kier molecular flexibility index (Phi) is 4.43. The largest absolute Gasteiger partial charge is 0.324 e. The summed E-state index contributed by atoms with van der Waals surface area (Å²) in [6.45, 7) is 2.04. The minimum atomic E-state index is 0.0910. The molecule has 0 aliphatic heterocycles. The normalized spacial score (nSPS) is 16.2. The third kappa shape index (κ3) is 3.46. The number of nitrogens with one attached hydrogen (secondary N) is 1. The molecule has 0 saturated heterocycles. The number of Topliss-reactive ketones (excluding diaryl/α,β-unsaturated/α-hetero) is 1. The first-order valence-electron chi connectivity index (χ1n) is 8.57. The van der Waals surface area contributed by atoms with Crippen molar-refractivity contribution in [3.8, 4) is 0 Å². The van der Waals surface area contributed by atoms with Crippen molar-refractivity contribution in [2.45, 2.75) is 25.7 Å². The molecule has 1 N–H and O–H groups in total. The van der Waals surface area contributed by atoms with Gasteiger partial charge in [-0.15, -0.1) is 0 Å². The van der Waals surface area contributed by atoms with E-state index in [9.17, 15) is 4.79 Å². The lowest BCUT2D eigenvalue weighted by atomic mass is 9.82. The average molecular weight is 364 g/mol. The number of hydrogen-bond acceptors (Lipinski definition) is 4. The van der Waals surface area contributed by atoms with Gasteiger partial charge in [-0.3, -0.25) is 4.79 Å². The molecule has 2 aromatic carbocycles. The third-order valence-electron chi connectivity index (χ3n) is 4.66. The number of carbonyl (C=O) groups is 1. The van der Waals surface area contributed by atoms with Gasteiger partial charge < -0.3 is 5.32 Å². The van der Waals surface area contributed by atoms with E-state index in [4.69, 9.17) is 11.6 Å². The highest BCUT2D eigenvalue weighted by atomic mass is 35.5. The Bertz CT molecular complexity index is 969. The van der Waals surface area contributed by atoms with Crippen LogP contribution in [0.15, 0.2) is 54.7 Å². The van der Waals surface area contributed by atoms with E-state index >= 15 is 0 Å². The number of nitrogens with zero attached hydrogens (tertiary/aromatic N) is 2. The number of aromatic nitrogens is 2. The molecule has 4 nitrogen and oxygen atoms in total. The van der Waals surface area contributed by atoms with Crippen molar-refractivity contribution in [3.05, 3.63) is 82.1 Å². The van der Waals surface area contributed by atoms with Crippen LogP contribution in [0, 0.1) is 6.92 Å². The smallest absolute Gasteiger partial charge is 0.227 e. The summed E-state index contributed by atoms with van der Waals surface area (Å²) in [6, 6.07) is 15.7. The van der Waals surface area contributed by atoms with Gasteiger partial charge in [-0.25, -0.2) is 9.97 Å². The zero-order chi connectivity index (χ0) is 18.1. The standard InChI is InChI=1S/C21H18ClN3O/c1-13-3-2-4-17(9-13)24-21-23-12-18-19(25-21)10-15(11-20(18)26)14-5-7-16(22)8-6-14/h2-9,12,15H,10-11H2,1H3,(H,23,24,25)/t15-/m1/s1. The monoisotopic (exact) mass is 363 g/mol. The Labute approximate surface area is 157 Å². The third-order valence-corrected chi connectivity index (χ3v) is 4.91. The predicted octanol–water partition coefficient (Wildman–Crippen LogP) is 5.09. The molecule has 0 bridgehead atoms. The fourth-order valence-corrected chi connectivity index (χ4v) is 3.45. The van der Waals surface area contributed by atoms with Crippen molar-refractivity contribution in [2.24, 2.45) is 0 Å². The van der Waals surface area contributed by atoms with Crippen LogP contribution in [0.1, 0.15) is 39.5 Å². The lowest BCUT2D eigenvalue weighted by Crippen LogP contribution is -2.21. The maximum absolute atomic E-state index is 12.5. The predicted molar refractivity (Wildman–Crippen MR) is 103 cm³/mol. The maximum Gasteiger partial charge on any atom is 0.227 e. The van der Waals surface area contributed by atoms with Crippen LogP contribution >= 0.6 is 11.6 Å². The van der Waals surface area contributed by atoms with Gasteiger partial charge in [0.25, 0.3) is 0 Å². The molecule has 5 heteroatoms. The number of benzene rings is 2. The molecule has 1 aromatic heterocycles. The molecule has 4 rings (SSSR count). The van der Waals surface area contributed by atoms with E-state index < -0.39 is 0 Å².